The van der Waals surface area contributed by atoms with E-state index in [4.69, 9.17) is 0 Å². The SMILES string of the molecule is CCn1c(CC(=O)Nc2cccc(C(F)(F)F)c2)nnc1SCC(=O)Nc1ccc(C)cc1F. The quantitative estimate of drug-likeness (QED) is 0.350. The first-order valence-electron chi connectivity index (χ1n) is 10.1. The largest absolute Gasteiger partial charge is 0.416 e. The summed E-state index contributed by atoms with van der Waals surface area (Å²) < 4.78 is 54.1. The zero-order valence-corrected chi connectivity index (χ0v) is 19.1. The fourth-order valence-corrected chi connectivity index (χ4v) is 3.86. The van der Waals surface area contributed by atoms with Gasteiger partial charge in [-0.25, -0.2) is 4.39 Å². The molecule has 1 heterocycles. The maximum absolute atomic E-state index is 13.9. The standard InChI is InChI=1S/C22H21F4N5O2S/c1-3-31-18(11-19(32)27-15-6-4-5-14(10-15)22(24,25)26)29-30-21(31)34-12-20(33)28-17-8-7-13(2)9-16(17)23/h4-10H,3,11-12H2,1-2H3,(H,27,32)(H,28,33). The van der Waals surface area contributed by atoms with E-state index >= 15 is 0 Å². The predicted molar refractivity (Wildman–Crippen MR) is 120 cm³/mol. The van der Waals surface area contributed by atoms with Crippen molar-refractivity contribution in [3.8, 4) is 0 Å². The number of aryl methyl sites for hydroxylation is 1. The van der Waals surface area contributed by atoms with Gasteiger partial charge in [0.15, 0.2) is 5.16 Å². The maximum Gasteiger partial charge on any atom is 0.416 e. The van der Waals surface area contributed by atoms with Gasteiger partial charge in [-0.2, -0.15) is 13.2 Å². The number of carbonyl (C=O) groups excluding carboxylic acids is 2. The topological polar surface area (TPSA) is 88.9 Å². The van der Waals surface area contributed by atoms with Crippen molar-refractivity contribution in [2.75, 3.05) is 16.4 Å². The first-order chi connectivity index (χ1) is 16.1. The molecule has 0 saturated carbocycles. The van der Waals surface area contributed by atoms with E-state index < -0.39 is 29.4 Å². The number of halogens is 4. The zero-order chi connectivity index (χ0) is 24.9. The highest BCUT2D eigenvalue weighted by atomic mass is 32.2. The number of amides is 2. The minimum atomic E-state index is -4.52. The molecule has 3 rings (SSSR count). The van der Waals surface area contributed by atoms with E-state index in [0.29, 0.717) is 17.5 Å². The van der Waals surface area contributed by atoms with Crippen LogP contribution < -0.4 is 10.6 Å². The van der Waals surface area contributed by atoms with Crippen LogP contribution in [0.25, 0.3) is 0 Å². The summed E-state index contributed by atoms with van der Waals surface area (Å²) in [6, 6.07) is 8.78. The van der Waals surface area contributed by atoms with E-state index in [9.17, 15) is 27.2 Å². The van der Waals surface area contributed by atoms with E-state index in [0.717, 1.165) is 29.5 Å². The third-order valence-corrected chi connectivity index (χ3v) is 5.60. The van der Waals surface area contributed by atoms with Crippen LogP contribution in [-0.2, 0) is 28.7 Å². The van der Waals surface area contributed by atoms with Crippen LogP contribution >= 0.6 is 11.8 Å². The van der Waals surface area contributed by atoms with Crippen LogP contribution in [0.5, 0.6) is 0 Å². The number of benzene rings is 2. The first kappa shape index (κ1) is 25.2. The average Bonchev–Trinajstić information content (AvgIpc) is 3.15. The number of rotatable bonds is 8. The molecule has 2 amide bonds. The maximum atomic E-state index is 13.9. The van der Waals surface area contributed by atoms with Crippen molar-refractivity contribution in [2.24, 2.45) is 0 Å². The third-order valence-electron chi connectivity index (χ3n) is 4.63. The number of alkyl halides is 3. The van der Waals surface area contributed by atoms with E-state index in [2.05, 4.69) is 20.8 Å². The summed E-state index contributed by atoms with van der Waals surface area (Å²) in [5.41, 5.74) is -0.0628. The third kappa shape index (κ3) is 6.56. The molecule has 7 nitrogen and oxygen atoms in total. The normalized spacial score (nSPS) is 11.4. The number of anilines is 2. The molecule has 0 atom stereocenters. The van der Waals surface area contributed by atoms with Gasteiger partial charge >= 0.3 is 6.18 Å². The number of carbonyl (C=O) groups is 2. The number of aromatic nitrogens is 3. The molecule has 0 aliphatic carbocycles. The molecule has 2 aromatic carbocycles. The number of nitrogens with zero attached hydrogens (tertiary/aromatic N) is 3. The van der Waals surface area contributed by atoms with Gasteiger partial charge in [-0.05, 0) is 49.7 Å². The molecule has 0 aliphatic heterocycles. The van der Waals surface area contributed by atoms with Gasteiger partial charge in [0.2, 0.25) is 11.8 Å². The van der Waals surface area contributed by atoms with Crippen molar-refractivity contribution in [1.29, 1.82) is 0 Å². The van der Waals surface area contributed by atoms with Gasteiger partial charge < -0.3 is 15.2 Å². The monoisotopic (exact) mass is 495 g/mol. The Hall–Kier alpha value is -3.41. The summed E-state index contributed by atoms with van der Waals surface area (Å²) in [7, 11) is 0. The molecule has 2 N–H and O–H groups in total. The smallest absolute Gasteiger partial charge is 0.326 e. The second kappa shape index (κ2) is 10.7. The zero-order valence-electron chi connectivity index (χ0n) is 18.2. The summed E-state index contributed by atoms with van der Waals surface area (Å²) in [5.74, 6) is -1.32. The van der Waals surface area contributed by atoms with Crippen molar-refractivity contribution >= 4 is 35.0 Å². The van der Waals surface area contributed by atoms with Crippen LogP contribution in [0.1, 0.15) is 23.9 Å². The Morgan fingerprint density at radius 2 is 1.82 bits per heavy atom. The summed E-state index contributed by atoms with van der Waals surface area (Å²) >= 11 is 1.06. The predicted octanol–water partition coefficient (Wildman–Crippen LogP) is 4.68. The summed E-state index contributed by atoms with van der Waals surface area (Å²) in [4.78, 5) is 24.6. The second-order valence-corrected chi connectivity index (χ2v) is 8.21. The van der Waals surface area contributed by atoms with Gasteiger partial charge in [0, 0.05) is 12.2 Å². The van der Waals surface area contributed by atoms with E-state index in [-0.39, 0.29) is 23.5 Å². The Morgan fingerprint density at radius 1 is 1.06 bits per heavy atom. The second-order valence-electron chi connectivity index (χ2n) is 7.27. The van der Waals surface area contributed by atoms with Gasteiger partial charge in [0.25, 0.3) is 0 Å². The molecular formula is C22H21F4N5O2S. The van der Waals surface area contributed by atoms with Crippen LogP contribution in [-0.4, -0.2) is 32.3 Å². The minimum absolute atomic E-state index is 0.0111. The lowest BCUT2D eigenvalue weighted by Crippen LogP contribution is -2.18. The number of nitrogens with one attached hydrogen (secondary N) is 2. The van der Waals surface area contributed by atoms with Crippen molar-refractivity contribution in [3.63, 3.8) is 0 Å². The van der Waals surface area contributed by atoms with E-state index in [1.165, 1.54) is 24.3 Å². The molecule has 180 valence electrons. The fourth-order valence-electron chi connectivity index (χ4n) is 3.03. The van der Waals surface area contributed by atoms with Crippen molar-refractivity contribution in [1.82, 2.24) is 14.8 Å². The number of hydrogen-bond acceptors (Lipinski definition) is 5. The summed E-state index contributed by atoms with van der Waals surface area (Å²) in [5, 5.41) is 13.3. The lowest BCUT2D eigenvalue weighted by atomic mass is 10.2. The van der Waals surface area contributed by atoms with Gasteiger partial charge in [0.05, 0.1) is 23.4 Å². The van der Waals surface area contributed by atoms with E-state index in [1.807, 2.05) is 0 Å². The molecule has 0 aliphatic rings. The van der Waals surface area contributed by atoms with E-state index in [1.54, 1.807) is 24.5 Å². The van der Waals surface area contributed by atoms with Crippen LogP contribution in [0.15, 0.2) is 47.6 Å². The van der Waals surface area contributed by atoms with Crippen molar-refractivity contribution < 1.29 is 27.2 Å². The highest BCUT2D eigenvalue weighted by Crippen LogP contribution is 2.30. The van der Waals surface area contributed by atoms with Gasteiger partial charge in [-0.15, -0.1) is 10.2 Å². The molecule has 0 unspecified atom stereocenters. The lowest BCUT2D eigenvalue weighted by molar-refractivity contribution is -0.137. The molecule has 0 bridgehead atoms. The molecule has 34 heavy (non-hydrogen) atoms. The fraction of sp³-hybridized carbons (Fsp3) is 0.273. The van der Waals surface area contributed by atoms with Gasteiger partial charge in [0.1, 0.15) is 11.6 Å². The highest BCUT2D eigenvalue weighted by molar-refractivity contribution is 7.99. The van der Waals surface area contributed by atoms with Crippen LogP contribution in [0.3, 0.4) is 0 Å². The number of thioether (sulfide) groups is 1. The summed E-state index contributed by atoms with van der Waals surface area (Å²) in [6.07, 6.45) is -4.74. The average molecular weight is 496 g/mol. The molecule has 12 heteroatoms. The van der Waals surface area contributed by atoms with Gasteiger partial charge in [-0.1, -0.05) is 23.9 Å². The molecular weight excluding hydrogens is 474 g/mol. The lowest BCUT2D eigenvalue weighted by Gasteiger charge is -2.10. The highest BCUT2D eigenvalue weighted by Gasteiger charge is 2.30. The molecule has 3 aromatic rings. The summed E-state index contributed by atoms with van der Waals surface area (Å²) in [6.45, 7) is 3.93. The van der Waals surface area contributed by atoms with Crippen molar-refractivity contribution in [3.05, 3.63) is 65.2 Å². The molecule has 0 fully saturated rings. The first-order valence-corrected chi connectivity index (χ1v) is 11.1. The Bertz CT molecular complexity index is 1200. The Morgan fingerprint density at radius 3 is 2.50 bits per heavy atom. The van der Waals surface area contributed by atoms with Crippen LogP contribution in [0.2, 0.25) is 0 Å². The minimum Gasteiger partial charge on any atom is -0.326 e. The molecule has 1 aromatic heterocycles. The Labute approximate surface area is 197 Å². The van der Waals surface area contributed by atoms with Crippen molar-refractivity contribution in [2.45, 2.75) is 38.1 Å². The molecule has 0 radical (unpaired) electrons. The molecule has 0 saturated heterocycles. The van der Waals surface area contributed by atoms with Gasteiger partial charge in [-0.3, -0.25) is 9.59 Å². The number of hydrogen-bond donors (Lipinski definition) is 2. The molecule has 0 spiro atoms. The Balaban J connectivity index is 1.60. The van der Waals surface area contributed by atoms with Crippen LogP contribution in [0, 0.1) is 12.7 Å². The van der Waals surface area contributed by atoms with Crippen LogP contribution in [0.4, 0.5) is 28.9 Å². The Kier molecular flexibility index (Phi) is 7.92.